The van der Waals surface area contributed by atoms with E-state index in [1.165, 1.54) is 12.5 Å². The molecule has 1 heterocycles. The van der Waals surface area contributed by atoms with Crippen LogP contribution in [-0.4, -0.2) is 67.5 Å². The van der Waals surface area contributed by atoms with E-state index in [2.05, 4.69) is 20.5 Å². The second kappa shape index (κ2) is 10.6. The third kappa shape index (κ3) is 6.16. The van der Waals surface area contributed by atoms with Gasteiger partial charge in [0.2, 0.25) is 5.91 Å². The molecule has 1 saturated carbocycles. The number of rotatable bonds is 7. The zero-order valence-electron chi connectivity index (χ0n) is 17.7. The van der Waals surface area contributed by atoms with E-state index in [9.17, 15) is 9.18 Å². The maximum absolute atomic E-state index is 13.4. The van der Waals surface area contributed by atoms with E-state index in [1.807, 2.05) is 17.9 Å². The molecule has 160 valence electrons. The summed E-state index contributed by atoms with van der Waals surface area (Å²) < 4.78 is 13.4. The van der Waals surface area contributed by atoms with Crippen LogP contribution in [0.25, 0.3) is 0 Å². The number of hydrogen-bond acceptors (Lipinski definition) is 3. The Labute approximate surface area is 173 Å². The van der Waals surface area contributed by atoms with Crippen molar-refractivity contribution in [3.05, 3.63) is 35.1 Å². The summed E-state index contributed by atoms with van der Waals surface area (Å²) in [6.07, 6.45) is 3.36. The first-order valence-electron chi connectivity index (χ1n) is 10.8. The number of aryl methyl sites for hydroxylation is 1. The van der Waals surface area contributed by atoms with Gasteiger partial charge >= 0.3 is 0 Å². The van der Waals surface area contributed by atoms with Gasteiger partial charge in [0.25, 0.3) is 0 Å². The van der Waals surface area contributed by atoms with Gasteiger partial charge in [-0.2, -0.15) is 0 Å². The van der Waals surface area contributed by atoms with Gasteiger partial charge in [0.1, 0.15) is 5.82 Å². The van der Waals surface area contributed by atoms with Crippen molar-refractivity contribution in [3.8, 4) is 0 Å². The Kier molecular flexibility index (Phi) is 7.86. The molecule has 0 unspecified atom stereocenters. The van der Waals surface area contributed by atoms with E-state index in [0.29, 0.717) is 23.9 Å². The third-order valence-electron chi connectivity index (χ3n) is 5.85. The van der Waals surface area contributed by atoms with E-state index in [4.69, 9.17) is 0 Å². The molecule has 7 heteroatoms. The van der Waals surface area contributed by atoms with Crippen LogP contribution in [0.5, 0.6) is 0 Å². The van der Waals surface area contributed by atoms with Crippen LogP contribution < -0.4 is 10.6 Å². The molecule has 0 atom stereocenters. The van der Waals surface area contributed by atoms with Crippen LogP contribution in [0.2, 0.25) is 0 Å². The van der Waals surface area contributed by atoms with Gasteiger partial charge in [-0.1, -0.05) is 18.6 Å². The molecule has 2 N–H and O–H groups in total. The lowest BCUT2D eigenvalue weighted by molar-refractivity contribution is -0.139. The molecule has 1 aliphatic carbocycles. The zero-order chi connectivity index (χ0) is 20.6. The quantitative estimate of drug-likeness (QED) is 0.541. The first-order chi connectivity index (χ1) is 14.1. The number of piperazine rings is 1. The minimum absolute atomic E-state index is 0.183. The molecular weight excluding hydrogens is 369 g/mol. The lowest BCUT2D eigenvalue weighted by Crippen LogP contribution is -2.52. The van der Waals surface area contributed by atoms with Crippen molar-refractivity contribution in [2.75, 3.05) is 45.8 Å². The monoisotopic (exact) mass is 403 g/mol. The smallest absolute Gasteiger partial charge is 0.225 e. The molecule has 1 amide bonds. The molecule has 0 bridgehead atoms. The Hall–Kier alpha value is -2.15. The van der Waals surface area contributed by atoms with Crippen LogP contribution in [-0.2, 0) is 11.3 Å². The second-order valence-corrected chi connectivity index (χ2v) is 8.00. The average Bonchev–Trinajstić information content (AvgIpc) is 2.68. The van der Waals surface area contributed by atoms with Crippen LogP contribution in [0.1, 0.15) is 37.3 Å². The highest BCUT2D eigenvalue weighted by Gasteiger charge is 2.30. The minimum atomic E-state index is -0.183. The largest absolute Gasteiger partial charge is 0.357 e. The van der Waals surface area contributed by atoms with Gasteiger partial charge in [0.15, 0.2) is 5.96 Å². The van der Waals surface area contributed by atoms with E-state index in [-0.39, 0.29) is 5.82 Å². The van der Waals surface area contributed by atoms with Crippen molar-refractivity contribution in [1.82, 2.24) is 20.4 Å². The van der Waals surface area contributed by atoms with Crippen molar-refractivity contribution in [1.29, 1.82) is 0 Å². The topological polar surface area (TPSA) is 60.0 Å². The van der Waals surface area contributed by atoms with Crippen molar-refractivity contribution in [2.24, 2.45) is 10.9 Å². The number of guanidine groups is 1. The molecule has 2 fully saturated rings. The maximum Gasteiger partial charge on any atom is 0.225 e. The fraction of sp³-hybridized carbons (Fsp3) is 0.636. The number of carbonyl (C=O) groups is 1. The van der Waals surface area contributed by atoms with E-state index in [1.54, 1.807) is 13.0 Å². The Morgan fingerprint density at radius 3 is 2.59 bits per heavy atom. The number of hydrogen-bond donors (Lipinski definition) is 2. The average molecular weight is 404 g/mol. The zero-order valence-corrected chi connectivity index (χ0v) is 17.7. The molecule has 6 nitrogen and oxygen atoms in total. The lowest BCUT2D eigenvalue weighted by atomic mass is 9.84. The van der Waals surface area contributed by atoms with Crippen LogP contribution in [0.15, 0.2) is 23.2 Å². The Bertz CT molecular complexity index is 711. The third-order valence-corrected chi connectivity index (χ3v) is 5.85. The minimum Gasteiger partial charge on any atom is -0.357 e. The first-order valence-corrected chi connectivity index (χ1v) is 10.8. The van der Waals surface area contributed by atoms with Crippen molar-refractivity contribution in [2.45, 2.75) is 39.7 Å². The molecular formula is C22H34FN5O. The summed E-state index contributed by atoms with van der Waals surface area (Å²) in [6.45, 7) is 10.4. The first kappa shape index (κ1) is 21.6. The molecule has 2 aliphatic rings. The van der Waals surface area contributed by atoms with Gasteiger partial charge in [-0.15, -0.1) is 0 Å². The highest BCUT2D eigenvalue weighted by atomic mass is 19.1. The Morgan fingerprint density at radius 1 is 1.21 bits per heavy atom. The summed E-state index contributed by atoms with van der Waals surface area (Å²) in [5, 5.41) is 6.63. The molecule has 29 heavy (non-hydrogen) atoms. The standard InChI is InChI=1S/C22H34FN5O/c1-3-24-22(26-16-18-7-8-20(23)17(2)15-18)25-9-10-27-11-13-28(14-12-27)21(29)19-5-4-6-19/h7-8,15,19H,3-6,9-14,16H2,1-2H3,(H2,24,25,26). The number of nitrogens with zero attached hydrogens (tertiary/aromatic N) is 3. The summed E-state index contributed by atoms with van der Waals surface area (Å²) in [7, 11) is 0. The van der Waals surface area contributed by atoms with Gasteiger partial charge in [-0.05, 0) is 43.9 Å². The van der Waals surface area contributed by atoms with Crippen molar-refractivity contribution in [3.63, 3.8) is 0 Å². The van der Waals surface area contributed by atoms with E-state index in [0.717, 1.165) is 70.2 Å². The molecule has 0 spiro atoms. The molecule has 3 rings (SSSR count). The lowest BCUT2D eigenvalue weighted by Gasteiger charge is -2.38. The predicted octanol–water partition coefficient (Wildman–Crippen LogP) is 2.13. The molecule has 1 saturated heterocycles. The highest BCUT2D eigenvalue weighted by Crippen LogP contribution is 2.28. The Balaban J connectivity index is 1.40. The SMILES string of the molecule is CCNC(=NCc1ccc(F)c(C)c1)NCCN1CCN(C(=O)C2CCC2)CC1. The summed E-state index contributed by atoms with van der Waals surface area (Å²) >= 11 is 0. The van der Waals surface area contributed by atoms with E-state index < -0.39 is 0 Å². The number of benzene rings is 1. The van der Waals surface area contributed by atoms with E-state index >= 15 is 0 Å². The van der Waals surface area contributed by atoms with Gasteiger partial charge in [-0.25, -0.2) is 9.38 Å². The van der Waals surface area contributed by atoms with Crippen molar-refractivity contribution >= 4 is 11.9 Å². The predicted molar refractivity (Wildman–Crippen MR) is 114 cm³/mol. The number of amides is 1. The highest BCUT2D eigenvalue weighted by molar-refractivity contribution is 5.80. The molecule has 1 aromatic rings. The van der Waals surface area contributed by atoms with Gasteiger partial charge < -0.3 is 15.5 Å². The summed E-state index contributed by atoms with van der Waals surface area (Å²) in [5.41, 5.74) is 1.64. The molecule has 0 radical (unpaired) electrons. The summed E-state index contributed by atoms with van der Waals surface area (Å²) in [5.74, 6) is 1.25. The van der Waals surface area contributed by atoms with Crippen LogP contribution >= 0.6 is 0 Å². The van der Waals surface area contributed by atoms with Gasteiger partial charge in [0, 0.05) is 51.7 Å². The summed E-state index contributed by atoms with van der Waals surface area (Å²) in [6, 6.07) is 5.11. The van der Waals surface area contributed by atoms with Gasteiger partial charge in [-0.3, -0.25) is 9.69 Å². The van der Waals surface area contributed by atoms with Crippen LogP contribution in [0, 0.1) is 18.7 Å². The normalized spacial score (nSPS) is 18.4. The molecule has 0 aromatic heterocycles. The van der Waals surface area contributed by atoms with Crippen molar-refractivity contribution < 1.29 is 9.18 Å². The number of halogens is 1. The van der Waals surface area contributed by atoms with Crippen LogP contribution in [0.4, 0.5) is 4.39 Å². The number of carbonyl (C=O) groups excluding carboxylic acids is 1. The molecule has 1 aliphatic heterocycles. The summed E-state index contributed by atoms with van der Waals surface area (Å²) in [4.78, 5) is 21.4. The Morgan fingerprint density at radius 2 is 1.97 bits per heavy atom. The number of aliphatic imine (C=N–C) groups is 1. The van der Waals surface area contributed by atoms with Gasteiger partial charge in [0.05, 0.1) is 6.54 Å². The maximum atomic E-state index is 13.4. The fourth-order valence-corrected chi connectivity index (χ4v) is 3.75. The fourth-order valence-electron chi connectivity index (χ4n) is 3.75. The second-order valence-electron chi connectivity index (χ2n) is 8.00. The van der Waals surface area contributed by atoms with Crippen LogP contribution in [0.3, 0.4) is 0 Å². The molecule has 1 aromatic carbocycles. The number of nitrogens with one attached hydrogen (secondary N) is 2.